The molecule has 1 spiro atoms. The minimum atomic E-state index is -0.317. The lowest BCUT2D eigenvalue weighted by Gasteiger charge is -2.31. The van der Waals surface area contributed by atoms with Crippen LogP contribution in [0.5, 0.6) is 0 Å². The van der Waals surface area contributed by atoms with Gasteiger partial charge < -0.3 is 24.5 Å². The predicted molar refractivity (Wildman–Crippen MR) is 97.7 cm³/mol. The maximum Gasteiger partial charge on any atom is 0.191 e. The SMILES string of the molecule is CCCNC(=NCC1COC2(CCCCC2)O1)NCCc1ccco1. The highest BCUT2D eigenvalue weighted by molar-refractivity contribution is 5.79. The summed E-state index contributed by atoms with van der Waals surface area (Å²) in [6.45, 7) is 5.11. The first-order valence-electron chi connectivity index (χ1n) is 9.66. The van der Waals surface area contributed by atoms with Crippen molar-refractivity contribution in [2.45, 2.75) is 63.8 Å². The van der Waals surface area contributed by atoms with Crippen molar-refractivity contribution in [1.82, 2.24) is 10.6 Å². The smallest absolute Gasteiger partial charge is 0.191 e. The van der Waals surface area contributed by atoms with Crippen LogP contribution in [0, 0.1) is 0 Å². The molecule has 2 N–H and O–H groups in total. The Morgan fingerprint density at radius 3 is 2.84 bits per heavy atom. The molecule has 6 heteroatoms. The normalized spacial score (nSPS) is 23.1. The highest BCUT2D eigenvalue weighted by Crippen LogP contribution is 2.37. The molecule has 25 heavy (non-hydrogen) atoms. The van der Waals surface area contributed by atoms with Crippen molar-refractivity contribution in [3.8, 4) is 0 Å². The van der Waals surface area contributed by atoms with Gasteiger partial charge in [-0.3, -0.25) is 4.99 Å². The molecule has 2 aliphatic rings. The van der Waals surface area contributed by atoms with E-state index in [9.17, 15) is 0 Å². The fourth-order valence-electron chi connectivity index (χ4n) is 3.43. The lowest BCUT2D eigenvalue weighted by atomic mass is 9.94. The molecular formula is C19H31N3O3. The third kappa shape index (κ3) is 5.47. The second-order valence-electron chi connectivity index (χ2n) is 6.89. The standard InChI is InChI=1S/C19H31N3O3/c1-2-11-20-18(21-12-8-16-7-6-13-23-16)22-14-17-15-24-19(25-17)9-4-3-5-10-19/h6-7,13,17H,2-5,8-12,14-15H2,1H3,(H2,20,21,22). The first kappa shape index (κ1) is 18.3. The molecule has 140 valence electrons. The molecular weight excluding hydrogens is 318 g/mol. The van der Waals surface area contributed by atoms with Gasteiger partial charge in [0.1, 0.15) is 11.9 Å². The van der Waals surface area contributed by atoms with Gasteiger partial charge in [0.05, 0.1) is 19.4 Å². The zero-order valence-corrected chi connectivity index (χ0v) is 15.3. The average molecular weight is 349 g/mol. The second-order valence-corrected chi connectivity index (χ2v) is 6.89. The second kappa shape index (κ2) is 9.25. The van der Waals surface area contributed by atoms with Gasteiger partial charge in [-0.25, -0.2) is 0 Å². The van der Waals surface area contributed by atoms with Crippen molar-refractivity contribution in [3.63, 3.8) is 0 Å². The highest BCUT2D eigenvalue weighted by Gasteiger charge is 2.42. The van der Waals surface area contributed by atoms with Crippen LogP contribution >= 0.6 is 0 Å². The minimum Gasteiger partial charge on any atom is -0.469 e. The van der Waals surface area contributed by atoms with Crippen LogP contribution in [0.15, 0.2) is 27.8 Å². The van der Waals surface area contributed by atoms with E-state index in [1.807, 2.05) is 12.1 Å². The Bertz CT molecular complexity index is 524. The molecule has 1 saturated heterocycles. The number of nitrogens with one attached hydrogen (secondary N) is 2. The van der Waals surface area contributed by atoms with E-state index in [-0.39, 0.29) is 11.9 Å². The summed E-state index contributed by atoms with van der Waals surface area (Å²) >= 11 is 0. The summed E-state index contributed by atoms with van der Waals surface area (Å²) < 4.78 is 17.6. The van der Waals surface area contributed by atoms with Crippen LogP contribution in [0.2, 0.25) is 0 Å². The summed E-state index contributed by atoms with van der Waals surface area (Å²) in [5.74, 6) is 1.50. The molecule has 6 nitrogen and oxygen atoms in total. The van der Waals surface area contributed by atoms with E-state index >= 15 is 0 Å². The van der Waals surface area contributed by atoms with E-state index < -0.39 is 0 Å². The van der Waals surface area contributed by atoms with Crippen molar-refractivity contribution < 1.29 is 13.9 Å². The molecule has 1 aliphatic carbocycles. The van der Waals surface area contributed by atoms with Gasteiger partial charge in [-0.2, -0.15) is 0 Å². The molecule has 1 unspecified atom stereocenters. The highest BCUT2D eigenvalue weighted by atomic mass is 16.7. The number of nitrogens with zero attached hydrogens (tertiary/aromatic N) is 1. The number of ether oxygens (including phenoxy) is 2. The first-order chi connectivity index (χ1) is 12.3. The monoisotopic (exact) mass is 349 g/mol. The zero-order valence-electron chi connectivity index (χ0n) is 15.3. The van der Waals surface area contributed by atoms with Crippen molar-refractivity contribution in [1.29, 1.82) is 0 Å². The Balaban J connectivity index is 1.46. The summed E-state index contributed by atoms with van der Waals surface area (Å²) in [5.41, 5.74) is 0. The van der Waals surface area contributed by atoms with Gasteiger partial charge in [-0.15, -0.1) is 0 Å². The molecule has 0 radical (unpaired) electrons. The van der Waals surface area contributed by atoms with Gasteiger partial charge in [-0.1, -0.05) is 13.3 Å². The number of hydrogen-bond acceptors (Lipinski definition) is 4. The molecule has 1 aromatic heterocycles. The van der Waals surface area contributed by atoms with Gasteiger partial charge in [0, 0.05) is 32.4 Å². The van der Waals surface area contributed by atoms with Crippen molar-refractivity contribution >= 4 is 5.96 Å². The number of rotatable bonds is 7. The zero-order chi connectivity index (χ0) is 17.4. The van der Waals surface area contributed by atoms with Gasteiger partial charge >= 0.3 is 0 Å². The largest absolute Gasteiger partial charge is 0.469 e. The van der Waals surface area contributed by atoms with E-state index in [2.05, 4.69) is 17.6 Å². The quantitative estimate of drug-likeness (QED) is 0.585. The van der Waals surface area contributed by atoms with Crippen LogP contribution in [0.4, 0.5) is 0 Å². The third-order valence-corrected chi connectivity index (χ3v) is 4.77. The Labute approximate surface area is 150 Å². The number of furan rings is 1. The third-order valence-electron chi connectivity index (χ3n) is 4.77. The van der Waals surface area contributed by atoms with E-state index in [1.165, 1.54) is 19.3 Å². The minimum absolute atomic E-state index is 0.0587. The van der Waals surface area contributed by atoms with E-state index in [4.69, 9.17) is 18.9 Å². The maximum atomic E-state index is 6.21. The molecule has 0 amide bonds. The molecule has 0 aromatic carbocycles. The molecule has 1 saturated carbocycles. The number of guanidine groups is 1. The topological polar surface area (TPSA) is 68.0 Å². The summed E-state index contributed by atoms with van der Waals surface area (Å²) in [6, 6.07) is 3.91. The molecule has 1 aromatic rings. The van der Waals surface area contributed by atoms with Crippen LogP contribution in [0.25, 0.3) is 0 Å². The van der Waals surface area contributed by atoms with Crippen LogP contribution < -0.4 is 10.6 Å². The van der Waals surface area contributed by atoms with Crippen LogP contribution in [0.1, 0.15) is 51.2 Å². The van der Waals surface area contributed by atoms with Crippen LogP contribution in [-0.4, -0.2) is 44.1 Å². The van der Waals surface area contributed by atoms with Gasteiger partial charge in [0.25, 0.3) is 0 Å². The van der Waals surface area contributed by atoms with Gasteiger partial charge in [0.15, 0.2) is 11.7 Å². The molecule has 2 heterocycles. The summed E-state index contributed by atoms with van der Waals surface area (Å²) in [6.07, 6.45) is 9.41. The van der Waals surface area contributed by atoms with E-state index in [1.54, 1.807) is 6.26 Å². The van der Waals surface area contributed by atoms with Crippen molar-refractivity contribution in [2.24, 2.45) is 4.99 Å². The van der Waals surface area contributed by atoms with E-state index in [0.717, 1.165) is 50.5 Å². The van der Waals surface area contributed by atoms with Crippen LogP contribution in [-0.2, 0) is 15.9 Å². The Morgan fingerprint density at radius 2 is 2.08 bits per heavy atom. The molecule has 0 bridgehead atoms. The summed E-state index contributed by atoms with van der Waals surface area (Å²) in [4.78, 5) is 4.70. The lowest BCUT2D eigenvalue weighted by Crippen LogP contribution is -2.39. The Kier molecular flexibility index (Phi) is 6.76. The van der Waals surface area contributed by atoms with Gasteiger partial charge in [-0.05, 0) is 31.4 Å². The lowest BCUT2D eigenvalue weighted by molar-refractivity contribution is -0.186. The summed E-state index contributed by atoms with van der Waals surface area (Å²) in [5, 5.41) is 6.73. The molecule has 3 rings (SSSR count). The first-order valence-corrected chi connectivity index (χ1v) is 9.66. The fraction of sp³-hybridized carbons (Fsp3) is 0.737. The molecule has 1 aliphatic heterocycles. The summed E-state index contributed by atoms with van der Waals surface area (Å²) in [7, 11) is 0. The molecule has 1 atom stereocenters. The fourth-order valence-corrected chi connectivity index (χ4v) is 3.43. The van der Waals surface area contributed by atoms with Crippen LogP contribution in [0.3, 0.4) is 0 Å². The predicted octanol–water partition coefficient (Wildman–Crippen LogP) is 2.84. The maximum absolute atomic E-state index is 6.21. The number of hydrogen-bond donors (Lipinski definition) is 2. The van der Waals surface area contributed by atoms with Gasteiger partial charge in [0.2, 0.25) is 0 Å². The van der Waals surface area contributed by atoms with Crippen molar-refractivity contribution in [3.05, 3.63) is 24.2 Å². The molecule has 2 fully saturated rings. The number of aliphatic imine (C=N–C) groups is 1. The Hall–Kier alpha value is -1.53. The Morgan fingerprint density at radius 1 is 1.24 bits per heavy atom. The van der Waals surface area contributed by atoms with E-state index in [0.29, 0.717) is 13.2 Å². The average Bonchev–Trinajstić information content (AvgIpc) is 3.28. The van der Waals surface area contributed by atoms with Crippen molar-refractivity contribution in [2.75, 3.05) is 26.2 Å².